The maximum atomic E-state index is 13.2. The van der Waals surface area contributed by atoms with Crippen molar-refractivity contribution in [3.63, 3.8) is 0 Å². The van der Waals surface area contributed by atoms with Crippen molar-refractivity contribution in [3.8, 4) is 17.1 Å². The van der Waals surface area contributed by atoms with Crippen molar-refractivity contribution < 1.29 is 17.6 Å². The molecule has 9 heteroatoms. The molecule has 0 saturated carbocycles. The number of benzene rings is 2. The topological polar surface area (TPSA) is 39.8 Å². The third kappa shape index (κ3) is 3.05. The summed E-state index contributed by atoms with van der Waals surface area (Å²) in [5.41, 5.74) is -1.95. The van der Waals surface area contributed by atoms with Gasteiger partial charge in [-0.3, -0.25) is 4.57 Å². The number of rotatable bonds is 2. The molecule has 1 heterocycles. The molecule has 25 heavy (non-hydrogen) atoms. The Balaban J connectivity index is 2.24. The summed E-state index contributed by atoms with van der Waals surface area (Å²) >= 11 is 5.96. The lowest BCUT2D eigenvalue weighted by Gasteiger charge is -2.11. The maximum absolute atomic E-state index is 13.2. The fraction of sp³-hybridized carbons (Fsp3) is 0.125. The Labute approximate surface area is 143 Å². The summed E-state index contributed by atoms with van der Waals surface area (Å²) in [6.45, 7) is 0. The zero-order valence-electron chi connectivity index (χ0n) is 12.7. The Morgan fingerprint density at radius 3 is 2.44 bits per heavy atom. The molecule has 0 bridgehead atoms. The number of hydrogen-bond donors (Lipinski definition) is 0. The van der Waals surface area contributed by atoms with E-state index >= 15 is 0 Å². The first-order valence-corrected chi connectivity index (χ1v) is 7.36. The van der Waals surface area contributed by atoms with Crippen molar-refractivity contribution in [2.45, 2.75) is 6.18 Å². The van der Waals surface area contributed by atoms with E-state index in [1.807, 2.05) is 0 Å². The Bertz CT molecular complexity index is 1010. The number of para-hydroxylation sites is 1. The number of halogens is 5. The van der Waals surface area contributed by atoms with E-state index in [2.05, 4.69) is 5.10 Å². The molecule has 0 saturated heterocycles. The molecule has 0 aliphatic heterocycles. The van der Waals surface area contributed by atoms with Crippen LogP contribution in [-0.4, -0.2) is 14.3 Å². The minimum absolute atomic E-state index is 0.00986. The highest BCUT2D eigenvalue weighted by molar-refractivity contribution is 6.33. The van der Waals surface area contributed by atoms with Crippen LogP contribution in [0.15, 0.2) is 47.3 Å². The van der Waals surface area contributed by atoms with Crippen LogP contribution < -0.4 is 5.69 Å². The van der Waals surface area contributed by atoms with Crippen LogP contribution in [0.2, 0.25) is 5.02 Å². The lowest BCUT2D eigenvalue weighted by Crippen LogP contribution is -2.24. The molecule has 0 spiro atoms. The number of alkyl halides is 3. The molecule has 0 N–H and O–H groups in total. The van der Waals surface area contributed by atoms with Gasteiger partial charge >= 0.3 is 11.9 Å². The molecule has 0 fully saturated rings. The molecule has 0 atom stereocenters. The first-order valence-electron chi connectivity index (χ1n) is 6.98. The van der Waals surface area contributed by atoms with Gasteiger partial charge in [0.25, 0.3) is 0 Å². The second-order valence-electron chi connectivity index (χ2n) is 5.22. The number of nitrogens with zero attached hydrogens (tertiary/aromatic N) is 3. The van der Waals surface area contributed by atoms with E-state index in [1.165, 1.54) is 25.2 Å². The standard InChI is InChI=1S/C16H10ClF4N3O/c1-23-14(10-7-6-9(18)8-12(10)17)22-24(15(23)25)13-5-3-2-4-11(13)16(19,20)21/h2-8H,1H3. The van der Waals surface area contributed by atoms with Gasteiger partial charge < -0.3 is 0 Å². The van der Waals surface area contributed by atoms with Gasteiger partial charge in [0.1, 0.15) is 5.82 Å². The largest absolute Gasteiger partial charge is 0.418 e. The molecule has 1 aromatic heterocycles. The predicted molar refractivity (Wildman–Crippen MR) is 84.2 cm³/mol. The summed E-state index contributed by atoms with van der Waals surface area (Å²) in [7, 11) is 1.34. The van der Waals surface area contributed by atoms with Gasteiger partial charge in [0.05, 0.1) is 16.3 Å². The van der Waals surface area contributed by atoms with E-state index in [-0.39, 0.29) is 16.4 Å². The molecular weight excluding hydrogens is 362 g/mol. The summed E-state index contributed by atoms with van der Waals surface area (Å²) in [4.78, 5) is 12.4. The van der Waals surface area contributed by atoms with E-state index in [0.29, 0.717) is 4.68 Å². The third-order valence-corrected chi connectivity index (χ3v) is 3.90. The monoisotopic (exact) mass is 371 g/mol. The van der Waals surface area contributed by atoms with Crippen molar-refractivity contribution >= 4 is 11.6 Å². The maximum Gasteiger partial charge on any atom is 0.418 e. The molecule has 0 aliphatic rings. The van der Waals surface area contributed by atoms with Gasteiger partial charge in [0.15, 0.2) is 5.82 Å². The molecule has 3 aromatic rings. The fourth-order valence-corrected chi connectivity index (χ4v) is 2.65. The second-order valence-corrected chi connectivity index (χ2v) is 5.62. The highest BCUT2D eigenvalue weighted by Gasteiger charge is 2.34. The van der Waals surface area contributed by atoms with Crippen molar-refractivity contribution in [2.24, 2.45) is 7.05 Å². The number of aromatic nitrogens is 3. The molecule has 0 aliphatic carbocycles. The van der Waals surface area contributed by atoms with Crippen LogP contribution in [0.3, 0.4) is 0 Å². The van der Waals surface area contributed by atoms with E-state index in [9.17, 15) is 22.4 Å². The van der Waals surface area contributed by atoms with Gasteiger partial charge in [0, 0.05) is 12.6 Å². The van der Waals surface area contributed by atoms with Crippen molar-refractivity contribution in [1.29, 1.82) is 0 Å². The van der Waals surface area contributed by atoms with E-state index < -0.39 is 28.9 Å². The first kappa shape index (κ1) is 17.2. The SMILES string of the molecule is Cn1c(-c2ccc(F)cc2Cl)nn(-c2ccccc2C(F)(F)F)c1=O. The Kier molecular flexibility index (Phi) is 4.16. The summed E-state index contributed by atoms with van der Waals surface area (Å²) in [6.07, 6.45) is -4.65. The van der Waals surface area contributed by atoms with Crippen molar-refractivity contribution in [1.82, 2.24) is 14.3 Å². The van der Waals surface area contributed by atoms with E-state index in [4.69, 9.17) is 11.6 Å². The van der Waals surface area contributed by atoms with Gasteiger partial charge in [-0.25, -0.2) is 9.18 Å². The average molecular weight is 372 g/mol. The second kappa shape index (κ2) is 6.03. The Morgan fingerprint density at radius 2 is 1.80 bits per heavy atom. The highest BCUT2D eigenvalue weighted by Crippen LogP contribution is 2.33. The van der Waals surface area contributed by atoms with Crippen LogP contribution in [0.5, 0.6) is 0 Å². The molecule has 4 nitrogen and oxygen atoms in total. The lowest BCUT2D eigenvalue weighted by molar-refractivity contribution is -0.137. The summed E-state index contributed by atoms with van der Waals surface area (Å²) in [5, 5.41) is 3.96. The quantitative estimate of drug-likeness (QED) is 0.638. The minimum Gasteiger partial charge on any atom is -0.278 e. The first-order chi connectivity index (χ1) is 11.7. The summed E-state index contributed by atoms with van der Waals surface area (Å²) in [6, 6.07) is 8.06. The van der Waals surface area contributed by atoms with Gasteiger partial charge in [-0.05, 0) is 30.3 Å². The van der Waals surface area contributed by atoms with Gasteiger partial charge in [-0.1, -0.05) is 23.7 Å². The third-order valence-electron chi connectivity index (χ3n) is 3.59. The van der Waals surface area contributed by atoms with Gasteiger partial charge in [-0.2, -0.15) is 17.9 Å². The van der Waals surface area contributed by atoms with E-state index in [0.717, 1.165) is 28.8 Å². The van der Waals surface area contributed by atoms with Crippen LogP contribution in [0, 0.1) is 5.82 Å². The van der Waals surface area contributed by atoms with Crippen molar-refractivity contribution in [3.05, 3.63) is 69.4 Å². The highest BCUT2D eigenvalue weighted by atomic mass is 35.5. The Morgan fingerprint density at radius 1 is 1.12 bits per heavy atom. The van der Waals surface area contributed by atoms with Crippen molar-refractivity contribution in [2.75, 3.05) is 0 Å². The summed E-state index contributed by atoms with van der Waals surface area (Å²) in [5.74, 6) is -0.562. The minimum atomic E-state index is -4.65. The molecule has 0 unspecified atom stereocenters. The van der Waals surface area contributed by atoms with Crippen LogP contribution in [-0.2, 0) is 13.2 Å². The van der Waals surface area contributed by atoms with Crippen LogP contribution in [0.25, 0.3) is 17.1 Å². The molecule has 0 radical (unpaired) electrons. The average Bonchev–Trinajstić information content (AvgIpc) is 2.83. The Hall–Kier alpha value is -2.61. The predicted octanol–water partition coefficient (Wildman–Crippen LogP) is 4.05. The molecule has 2 aromatic carbocycles. The van der Waals surface area contributed by atoms with Crippen LogP contribution >= 0.6 is 11.6 Å². The molecule has 130 valence electrons. The van der Waals surface area contributed by atoms with Gasteiger partial charge in [0.2, 0.25) is 0 Å². The van der Waals surface area contributed by atoms with Crippen LogP contribution in [0.4, 0.5) is 17.6 Å². The zero-order chi connectivity index (χ0) is 18.4. The summed E-state index contributed by atoms with van der Waals surface area (Å²) < 4.78 is 54.5. The zero-order valence-corrected chi connectivity index (χ0v) is 13.4. The molecule has 0 amide bonds. The normalized spacial score (nSPS) is 11.8. The molecular formula is C16H10ClF4N3O. The fourth-order valence-electron chi connectivity index (χ4n) is 2.40. The van der Waals surface area contributed by atoms with E-state index in [1.54, 1.807) is 0 Å². The number of hydrogen-bond acceptors (Lipinski definition) is 2. The molecule has 3 rings (SSSR count). The van der Waals surface area contributed by atoms with Gasteiger partial charge in [-0.15, -0.1) is 5.10 Å². The smallest absolute Gasteiger partial charge is 0.278 e. The van der Waals surface area contributed by atoms with Crippen LogP contribution in [0.1, 0.15) is 5.56 Å². The lowest BCUT2D eigenvalue weighted by atomic mass is 10.2.